The molecule has 0 atom stereocenters. The fraction of sp³-hybridized carbons (Fsp3) is 0.429. The molecule has 152 valence electrons. The Labute approximate surface area is 173 Å². The van der Waals surface area contributed by atoms with Crippen LogP contribution in [0.4, 0.5) is 10.5 Å². The molecule has 1 aliphatic heterocycles. The fourth-order valence-corrected chi connectivity index (χ4v) is 4.65. The molecule has 8 heteroatoms. The number of aromatic nitrogens is 1. The molecule has 1 spiro atoms. The normalized spacial score (nSPS) is 18.2. The second-order valence-electron chi connectivity index (χ2n) is 7.66. The minimum atomic E-state index is -0.740. The molecule has 1 saturated heterocycles. The molecule has 29 heavy (non-hydrogen) atoms. The monoisotopic (exact) mass is 412 g/mol. The molecule has 1 saturated carbocycles. The zero-order valence-corrected chi connectivity index (χ0v) is 17.2. The number of benzene rings is 1. The van der Waals surface area contributed by atoms with Crippen molar-refractivity contribution in [2.75, 3.05) is 11.9 Å². The highest BCUT2D eigenvalue weighted by molar-refractivity contribution is 7.09. The van der Waals surface area contributed by atoms with Gasteiger partial charge < -0.3 is 10.6 Å². The molecule has 2 heterocycles. The molecular weight excluding hydrogens is 388 g/mol. The molecule has 4 rings (SSSR count). The molecule has 1 aromatic heterocycles. The first-order chi connectivity index (χ1) is 14.0. The first-order valence-corrected chi connectivity index (χ1v) is 10.8. The van der Waals surface area contributed by atoms with Gasteiger partial charge in [-0.3, -0.25) is 14.5 Å². The minimum absolute atomic E-state index is 0.0717. The van der Waals surface area contributed by atoms with Gasteiger partial charge in [-0.05, 0) is 31.9 Å². The number of amides is 4. The van der Waals surface area contributed by atoms with Crippen molar-refractivity contribution in [2.24, 2.45) is 0 Å². The van der Waals surface area contributed by atoms with Crippen LogP contribution in [0.5, 0.6) is 0 Å². The van der Waals surface area contributed by atoms with Crippen LogP contribution in [0, 0.1) is 6.92 Å². The van der Waals surface area contributed by atoms with Crippen molar-refractivity contribution in [1.29, 1.82) is 0 Å². The van der Waals surface area contributed by atoms with Gasteiger partial charge in [0, 0.05) is 29.6 Å². The quantitative estimate of drug-likeness (QED) is 0.733. The number of thiazole rings is 1. The Bertz CT molecular complexity index is 932. The molecule has 2 aliphatic rings. The van der Waals surface area contributed by atoms with E-state index in [0.29, 0.717) is 18.5 Å². The van der Waals surface area contributed by atoms with Gasteiger partial charge in [0.25, 0.3) is 5.91 Å². The Hall–Kier alpha value is -2.74. The Morgan fingerprint density at radius 3 is 2.59 bits per heavy atom. The van der Waals surface area contributed by atoms with Gasteiger partial charge in [0.1, 0.15) is 5.54 Å². The van der Waals surface area contributed by atoms with Crippen LogP contribution in [-0.2, 0) is 9.59 Å². The molecule has 1 aliphatic carbocycles. The van der Waals surface area contributed by atoms with Crippen LogP contribution >= 0.6 is 11.3 Å². The van der Waals surface area contributed by atoms with Crippen molar-refractivity contribution in [1.82, 2.24) is 15.2 Å². The maximum absolute atomic E-state index is 12.7. The summed E-state index contributed by atoms with van der Waals surface area (Å²) in [4.78, 5) is 43.0. The average molecular weight is 413 g/mol. The molecule has 0 unspecified atom stereocenters. The minimum Gasteiger partial charge on any atom is -0.326 e. The van der Waals surface area contributed by atoms with E-state index >= 15 is 0 Å². The summed E-state index contributed by atoms with van der Waals surface area (Å²) in [6.45, 7) is 2.05. The van der Waals surface area contributed by atoms with Crippen molar-refractivity contribution in [3.8, 4) is 11.3 Å². The highest BCUT2D eigenvalue weighted by Crippen LogP contribution is 2.33. The van der Waals surface area contributed by atoms with E-state index in [1.807, 2.05) is 36.6 Å². The molecule has 2 aromatic rings. The maximum Gasteiger partial charge on any atom is 0.325 e. The van der Waals surface area contributed by atoms with Crippen LogP contribution in [0.25, 0.3) is 11.3 Å². The largest absolute Gasteiger partial charge is 0.326 e. The number of aryl methyl sites for hydroxylation is 1. The van der Waals surface area contributed by atoms with Gasteiger partial charge in [-0.25, -0.2) is 9.78 Å². The highest BCUT2D eigenvalue weighted by Gasteiger charge is 2.51. The van der Waals surface area contributed by atoms with Crippen LogP contribution in [-0.4, -0.2) is 39.8 Å². The number of hydrogen-bond acceptors (Lipinski definition) is 5. The Morgan fingerprint density at radius 1 is 1.21 bits per heavy atom. The van der Waals surface area contributed by atoms with Gasteiger partial charge in [-0.2, -0.15) is 0 Å². The lowest BCUT2D eigenvalue weighted by Crippen LogP contribution is -2.48. The van der Waals surface area contributed by atoms with Crippen LogP contribution in [0.2, 0.25) is 0 Å². The maximum atomic E-state index is 12.7. The van der Waals surface area contributed by atoms with E-state index in [1.165, 1.54) is 4.90 Å². The SMILES string of the molecule is Cc1nc(-c2ccc(NC(=O)CCN3C(=O)NC4(CCCCC4)C3=O)cc2)cs1. The van der Waals surface area contributed by atoms with Crippen LogP contribution < -0.4 is 10.6 Å². The molecular formula is C21H24N4O3S. The van der Waals surface area contributed by atoms with Crippen molar-refractivity contribution < 1.29 is 14.4 Å². The summed E-state index contributed by atoms with van der Waals surface area (Å²) in [5.41, 5.74) is 1.84. The van der Waals surface area contributed by atoms with Crippen molar-refractivity contribution >= 4 is 34.9 Å². The number of carbonyl (C=O) groups excluding carboxylic acids is 3. The summed E-state index contributed by atoms with van der Waals surface area (Å²) in [6.07, 6.45) is 4.42. The first-order valence-electron chi connectivity index (χ1n) is 9.93. The van der Waals surface area contributed by atoms with Gasteiger partial charge in [0.05, 0.1) is 10.7 Å². The van der Waals surface area contributed by atoms with Gasteiger partial charge in [0.2, 0.25) is 5.91 Å². The third-order valence-corrected chi connectivity index (χ3v) is 6.37. The second kappa shape index (κ2) is 7.94. The van der Waals surface area contributed by atoms with Gasteiger partial charge in [0.15, 0.2) is 0 Å². The summed E-state index contributed by atoms with van der Waals surface area (Å²) in [7, 11) is 0. The summed E-state index contributed by atoms with van der Waals surface area (Å²) < 4.78 is 0. The van der Waals surface area contributed by atoms with Gasteiger partial charge in [-0.15, -0.1) is 11.3 Å². The number of carbonyl (C=O) groups is 3. The van der Waals surface area contributed by atoms with E-state index in [9.17, 15) is 14.4 Å². The number of rotatable bonds is 5. The lowest BCUT2D eigenvalue weighted by atomic mass is 9.82. The van der Waals surface area contributed by atoms with E-state index in [0.717, 1.165) is 35.5 Å². The summed E-state index contributed by atoms with van der Waals surface area (Å²) >= 11 is 1.60. The topological polar surface area (TPSA) is 91.4 Å². The van der Waals surface area contributed by atoms with E-state index in [-0.39, 0.29) is 30.8 Å². The molecule has 2 fully saturated rings. The van der Waals surface area contributed by atoms with Crippen molar-refractivity contribution in [2.45, 2.75) is 51.0 Å². The molecule has 7 nitrogen and oxygen atoms in total. The Balaban J connectivity index is 1.32. The van der Waals surface area contributed by atoms with Crippen LogP contribution in [0.3, 0.4) is 0 Å². The third kappa shape index (κ3) is 4.03. The van der Waals surface area contributed by atoms with E-state index < -0.39 is 5.54 Å². The number of hydrogen-bond donors (Lipinski definition) is 2. The summed E-state index contributed by atoms with van der Waals surface area (Å²) in [5, 5.41) is 8.70. The number of anilines is 1. The Kier molecular flexibility index (Phi) is 5.36. The molecule has 4 amide bonds. The zero-order valence-electron chi connectivity index (χ0n) is 16.4. The predicted molar refractivity (Wildman–Crippen MR) is 112 cm³/mol. The zero-order chi connectivity index (χ0) is 20.4. The smallest absolute Gasteiger partial charge is 0.325 e. The van der Waals surface area contributed by atoms with E-state index in [4.69, 9.17) is 0 Å². The molecule has 1 aromatic carbocycles. The lowest BCUT2D eigenvalue weighted by Gasteiger charge is -2.30. The van der Waals surface area contributed by atoms with Gasteiger partial charge >= 0.3 is 6.03 Å². The average Bonchev–Trinajstić information content (AvgIpc) is 3.23. The van der Waals surface area contributed by atoms with Crippen molar-refractivity contribution in [3.05, 3.63) is 34.7 Å². The fourth-order valence-electron chi connectivity index (χ4n) is 4.03. The third-order valence-electron chi connectivity index (χ3n) is 5.60. The van der Waals surface area contributed by atoms with Crippen molar-refractivity contribution in [3.63, 3.8) is 0 Å². The number of urea groups is 1. The highest BCUT2D eigenvalue weighted by atomic mass is 32.1. The number of nitrogens with one attached hydrogen (secondary N) is 2. The number of nitrogens with zero attached hydrogens (tertiary/aromatic N) is 2. The summed E-state index contributed by atoms with van der Waals surface area (Å²) in [6, 6.07) is 7.09. The summed E-state index contributed by atoms with van der Waals surface area (Å²) in [5.74, 6) is -0.412. The standard InChI is InChI=1S/C21H24N4O3S/c1-14-22-17(13-29-14)15-5-7-16(8-6-15)23-18(26)9-12-25-19(27)21(24-20(25)28)10-3-2-4-11-21/h5-8,13H,2-4,9-12H2,1H3,(H,23,26)(H,24,28). The predicted octanol–water partition coefficient (Wildman–Crippen LogP) is 3.70. The van der Waals surface area contributed by atoms with E-state index in [1.54, 1.807) is 11.3 Å². The second-order valence-corrected chi connectivity index (χ2v) is 8.72. The van der Waals surface area contributed by atoms with Crippen LogP contribution in [0.15, 0.2) is 29.6 Å². The first kappa shape index (κ1) is 19.6. The number of imide groups is 1. The molecule has 0 radical (unpaired) electrons. The Morgan fingerprint density at radius 2 is 1.93 bits per heavy atom. The lowest BCUT2D eigenvalue weighted by molar-refractivity contribution is -0.132. The van der Waals surface area contributed by atoms with Gasteiger partial charge in [-0.1, -0.05) is 31.4 Å². The molecule has 2 N–H and O–H groups in total. The van der Waals surface area contributed by atoms with E-state index in [2.05, 4.69) is 15.6 Å². The molecule has 0 bridgehead atoms. The van der Waals surface area contributed by atoms with Crippen LogP contribution in [0.1, 0.15) is 43.5 Å².